The van der Waals surface area contributed by atoms with Crippen LogP contribution in [0.4, 0.5) is 0 Å². The van der Waals surface area contributed by atoms with Crippen molar-refractivity contribution in [3.05, 3.63) is 57.5 Å². The summed E-state index contributed by atoms with van der Waals surface area (Å²) in [7, 11) is 0. The Labute approximate surface area is 114 Å². The first-order chi connectivity index (χ1) is 8.70. The monoisotopic (exact) mass is 281 g/mol. The van der Waals surface area contributed by atoms with Gasteiger partial charge in [-0.25, -0.2) is 4.98 Å². The minimum Gasteiger partial charge on any atom is -0.329 e. The zero-order chi connectivity index (χ0) is 13.0. The van der Waals surface area contributed by atoms with E-state index in [0.29, 0.717) is 16.7 Å². The van der Waals surface area contributed by atoms with Crippen LogP contribution in [0.25, 0.3) is 0 Å². The third-order valence-corrected chi connectivity index (χ3v) is 3.87. The second-order valence-corrected chi connectivity index (χ2v) is 5.20. The molecule has 1 atom stereocenters. The highest BCUT2D eigenvalue weighted by atomic mass is 35.5. The first kappa shape index (κ1) is 13.1. The number of aromatic amines is 1. The standard InChI is InChI=1S/C12H12ClN3OS/c13-9-4-2-1-3-8(9)10(7-14)18-12-15-6-5-11(17)16-12/h1-6,10H,7,14H2,(H,15,16,17). The number of thioether (sulfide) groups is 1. The first-order valence-electron chi connectivity index (χ1n) is 5.37. The summed E-state index contributed by atoms with van der Waals surface area (Å²) in [5.74, 6) is 0. The molecule has 0 aliphatic heterocycles. The summed E-state index contributed by atoms with van der Waals surface area (Å²) in [4.78, 5) is 17.9. The number of aromatic nitrogens is 2. The summed E-state index contributed by atoms with van der Waals surface area (Å²) in [6.45, 7) is 0.410. The molecule has 0 bridgehead atoms. The van der Waals surface area contributed by atoms with Crippen molar-refractivity contribution in [2.45, 2.75) is 10.4 Å². The lowest BCUT2D eigenvalue weighted by molar-refractivity contribution is 0.897. The number of benzene rings is 1. The SMILES string of the molecule is NCC(Sc1nccc(=O)[nH]1)c1ccccc1Cl. The van der Waals surface area contributed by atoms with Gasteiger partial charge in [-0.05, 0) is 11.6 Å². The molecule has 3 N–H and O–H groups in total. The molecule has 0 aliphatic rings. The minimum atomic E-state index is -0.178. The number of halogens is 1. The Morgan fingerprint density at radius 1 is 1.39 bits per heavy atom. The van der Waals surface area contributed by atoms with Gasteiger partial charge in [-0.3, -0.25) is 4.79 Å². The summed E-state index contributed by atoms with van der Waals surface area (Å²) in [6.07, 6.45) is 1.47. The Balaban J connectivity index is 2.25. The van der Waals surface area contributed by atoms with Gasteiger partial charge >= 0.3 is 0 Å². The van der Waals surface area contributed by atoms with Gasteiger partial charge in [0.1, 0.15) is 0 Å². The van der Waals surface area contributed by atoms with Gasteiger partial charge in [0.25, 0.3) is 5.56 Å². The van der Waals surface area contributed by atoms with E-state index in [-0.39, 0.29) is 10.8 Å². The molecule has 0 fully saturated rings. The van der Waals surface area contributed by atoms with Crippen LogP contribution in [0.3, 0.4) is 0 Å². The number of nitrogens with one attached hydrogen (secondary N) is 1. The molecule has 0 saturated heterocycles. The molecule has 1 aromatic heterocycles. The van der Waals surface area contributed by atoms with Crippen LogP contribution in [0.15, 0.2) is 46.5 Å². The molecule has 1 aromatic carbocycles. The maximum Gasteiger partial charge on any atom is 0.251 e. The number of hydrogen-bond donors (Lipinski definition) is 2. The van der Waals surface area contributed by atoms with Crippen LogP contribution >= 0.6 is 23.4 Å². The molecule has 4 nitrogen and oxygen atoms in total. The van der Waals surface area contributed by atoms with Crippen LogP contribution in [-0.4, -0.2) is 16.5 Å². The van der Waals surface area contributed by atoms with E-state index in [1.807, 2.05) is 24.3 Å². The van der Waals surface area contributed by atoms with Gasteiger partial charge in [0.2, 0.25) is 0 Å². The fourth-order valence-electron chi connectivity index (χ4n) is 1.52. The predicted octanol–water partition coefficient (Wildman–Crippen LogP) is 2.22. The largest absolute Gasteiger partial charge is 0.329 e. The highest BCUT2D eigenvalue weighted by molar-refractivity contribution is 7.99. The maximum atomic E-state index is 11.2. The highest BCUT2D eigenvalue weighted by Crippen LogP contribution is 2.35. The van der Waals surface area contributed by atoms with E-state index in [1.165, 1.54) is 24.0 Å². The molecule has 2 rings (SSSR count). The van der Waals surface area contributed by atoms with Gasteiger partial charge in [0, 0.05) is 23.8 Å². The lowest BCUT2D eigenvalue weighted by Crippen LogP contribution is -2.12. The van der Waals surface area contributed by atoms with E-state index in [2.05, 4.69) is 9.97 Å². The van der Waals surface area contributed by atoms with Gasteiger partial charge in [-0.1, -0.05) is 41.6 Å². The average molecular weight is 282 g/mol. The zero-order valence-corrected chi connectivity index (χ0v) is 11.0. The lowest BCUT2D eigenvalue weighted by atomic mass is 10.1. The van der Waals surface area contributed by atoms with Gasteiger partial charge in [0.05, 0.1) is 5.25 Å². The van der Waals surface area contributed by atoms with Crippen molar-refractivity contribution in [1.82, 2.24) is 9.97 Å². The predicted molar refractivity (Wildman–Crippen MR) is 74.0 cm³/mol. The van der Waals surface area contributed by atoms with Crippen molar-refractivity contribution < 1.29 is 0 Å². The number of rotatable bonds is 4. The molecule has 0 aliphatic carbocycles. The Hall–Kier alpha value is -1.30. The van der Waals surface area contributed by atoms with E-state index in [0.717, 1.165) is 5.56 Å². The summed E-state index contributed by atoms with van der Waals surface area (Å²) < 4.78 is 0. The van der Waals surface area contributed by atoms with Crippen LogP contribution in [0.2, 0.25) is 5.02 Å². The quantitative estimate of drug-likeness (QED) is 0.666. The second-order valence-electron chi connectivity index (χ2n) is 3.60. The van der Waals surface area contributed by atoms with E-state index in [1.54, 1.807) is 0 Å². The van der Waals surface area contributed by atoms with Crippen molar-refractivity contribution in [3.63, 3.8) is 0 Å². The van der Waals surface area contributed by atoms with Crippen molar-refractivity contribution in [2.24, 2.45) is 5.73 Å². The van der Waals surface area contributed by atoms with Crippen molar-refractivity contribution in [3.8, 4) is 0 Å². The average Bonchev–Trinajstić information content (AvgIpc) is 2.37. The number of hydrogen-bond acceptors (Lipinski definition) is 4. The summed E-state index contributed by atoms with van der Waals surface area (Å²) in [5, 5.41) is 1.17. The van der Waals surface area contributed by atoms with Crippen LogP contribution in [0, 0.1) is 0 Å². The normalized spacial score (nSPS) is 12.3. The molecule has 94 valence electrons. The fourth-order valence-corrected chi connectivity index (χ4v) is 2.83. The van der Waals surface area contributed by atoms with Crippen LogP contribution < -0.4 is 11.3 Å². The molecule has 2 aromatic rings. The zero-order valence-electron chi connectivity index (χ0n) is 9.47. The lowest BCUT2D eigenvalue weighted by Gasteiger charge is -2.15. The van der Waals surface area contributed by atoms with E-state index in [9.17, 15) is 4.79 Å². The Kier molecular flexibility index (Phi) is 4.41. The molecule has 0 spiro atoms. The minimum absolute atomic E-state index is 0.0377. The number of nitrogens with two attached hydrogens (primary N) is 1. The van der Waals surface area contributed by atoms with Crippen LogP contribution in [0.1, 0.15) is 10.8 Å². The second kappa shape index (κ2) is 6.04. The molecule has 0 radical (unpaired) electrons. The molecule has 1 heterocycles. The molecule has 0 saturated carbocycles. The molecule has 1 unspecified atom stereocenters. The topological polar surface area (TPSA) is 71.8 Å². The first-order valence-corrected chi connectivity index (χ1v) is 6.63. The molecule has 0 amide bonds. The third kappa shape index (κ3) is 3.13. The highest BCUT2D eigenvalue weighted by Gasteiger charge is 2.15. The van der Waals surface area contributed by atoms with E-state index in [4.69, 9.17) is 17.3 Å². The van der Waals surface area contributed by atoms with Gasteiger partial charge in [-0.2, -0.15) is 0 Å². The van der Waals surface area contributed by atoms with Gasteiger partial charge in [-0.15, -0.1) is 0 Å². The van der Waals surface area contributed by atoms with Crippen molar-refractivity contribution in [2.75, 3.05) is 6.54 Å². The molecular weight excluding hydrogens is 270 g/mol. The number of H-pyrrole nitrogens is 1. The van der Waals surface area contributed by atoms with Gasteiger partial charge in [0.15, 0.2) is 5.16 Å². The Bertz CT molecular complexity index is 587. The Morgan fingerprint density at radius 2 is 2.17 bits per heavy atom. The summed E-state index contributed by atoms with van der Waals surface area (Å²) in [6, 6.07) is 8.89. The summed E-state index contributed by atoms with van der Waals surface area (Å²) in [5.41, 5.74) is 6.52. The fraction of sp³-hybridized carbons (Fsp3) is 0.167. The van der Waals surface area contributed by atoms with Gasteiger partial charge < -0.3 is 10.7 Å². The number of nitrogens with zero attached hydrogens (tertiary/aromatic N) is 1. The third-order valence-electron chi connectivity index (χ3n) is 2.37. The molecule has 18 heavy (non-hydrogen) atoms. The van der Waals surface area contributed by atoms with Crippen LogP contribution in [0.5, 0.6) is 0 Å². The Morgan fingerprint density at radius 3 is 2.83 bits per heavy atom. The van der Waals surface area contributed by atoms with Crippen LogP contribution in [-0.2, 0) is 0 Å². The molecular formula is C12H12ClN3OS. The molecule has 6 heteroatoms. The smallest absolute Gasteiger partial charge is 0.251 e. The van der Waals surface area contributed by atoms with E-state index >= 15 is 0 Å². The van der Waals surface area contributed by atoms with Crippen molar-refractivity contribution in [1.29, 1.82) is 0 Å². The maximum absolute atomic E-state index is 11.2. The summed E-state index contributed by atoms with van der Waals surface area (Å²) >= 11 is 7.53. The van der Waals surface area contributed by atoms with E-state index < -0.39 is 0 Å². The van der Waals surface area contributed by atoms with Crippen molar-refractivity contribution >= 4 is 23.4 Å².